The van der Waals surface area contributed by atoms with Gasteiger partial charge in [0.2, 0.25) is 5.91 Å². The van der Waals surface area contributed by atoms with Crippen molar-refractivity contribution in [1.29, 1.82) is 0 Å². The molecular weight excluding hydrogens is 667 g/mol. The number of nitrogens with two attached hydrogens (primary N) is 1. The van der Waals surface area contributed by atoms with Crippen LogP contribution < -0.4 is 11.1 Å². The fraction of sp³-hybridized carbons (Fsp3) is 0.500. The van der Waals surface area contributed by atoms with Crippen LogP contribution in [0.3, 0.4) is 0 Å². The highest BCUT2D eigenvalue weighted by Gasteiger charge is 2.08. The lowest BCUT2D eigenvalue weighted by atomic mass is 10.2. The number of nitrogens with zero attached hydrogens (tertiary/aromatic N) is 1. The van der Waals surface area contributed by atoms with E-state index in [-0.39, 0.29) is 11.9 Å². The normalized spacial score (nSPS) is 13.0. The molecule has 302 valence electrons. The second-order valence-electron chi connectivity index (χ2n) is 13.6. The summed E-state index contributed by atoms with van der Waals surface area (Å²) in [7, 11) is 6.25. The van der Waals surface area contributed by atoms with Gasteiger partial charge in [0, 0.05) is 19.5 Å². The first kappa shape index (κ1) is 52.1. The molecule has 6 nitrogen and oxygen atoms in total. The molecule has 0 fully saturated rings. The summed E-state index contributed by atoms with van der Waals surface area (Å²) < 4.78 is 6.01. The molecule has 54 heavy (non-hydrogen) atoms. The summed E-state index contributed by atoms with van der Waals surface area (Å²) in [6.07, 6.45) is 61.4. The molecule has 6 heteroatoms. The van der Waals surface area contributed by atoms with Gasteiger partial charge in [-0.1, -0.05) is 148 Å². The zero-order valence-corrected chi connectivity index (χ0v) is 34.9. The first-order chi connectivity index (χ1) is 26.3. The molecule has 0 saturated heterocycles. The van der Waals surface area contributed by atoms with Gasteiger partial charge in [-0.3, -0.25) is 9.59 Å². The molecule has 0 aromatic carbocycles. The number of likely N-dealkylation sites (N-methyl/N-ethyl adjacent to an activating group) is 1. The van der Waals surface area contributed by atoms with Crippen LogP contribution in [0.25, 0.3) is 0 Å². The van der Waals surface area contributed by atoms with Crippen LogP contribution >= 0.6 is 0 Å². The minimum Gasteiger partial charge on any atom is -0.459 e. The Kier molecular flexibility index (Phi) is 41.9. The van der Waals surface area contributed by atoms with Crippen molar-refractivity contribution in [2.45, 2.75) is 110 Å². The fourth-order valence-electron chi connectivity index (χ4n) is 4.24. The van der Waals surface area contributed by atoms with Crippen molar-refractivity contribution in [3.05, 3.63) is 134 Å². The highest BCUT2D eigenvalue weighted by Crippen LogP contribution is 2.01. The summed E-state index contributed by atoms with van der Waals surface area (Å²) in [5.41, 5.74) is 5.33. The average Bonchev–Trinajstić information content (AvgIpc) is 3.14. The lowest BCUT2D eigenvalue weighted by Gasteiger charge is -2.23. The number of carbonyl (C=O) groups excluding carboxylic acids is 2. The van der Waals surface area contributed by atoms with Crippen molar-refractivity contribution in [2.75, 3.05) is 47.4 Å². The number of allylic oxidation sites excluding steroid dienone is 21. The van der Waals surface area contributed by atoms with E-state index in [1.807, 2.05) is 12.2 Å². The Morgan fingerprint density at radius 2 is 0.889 bits per heavy atom. The van der Waals surface area contributed by atoms with Crippen molar-refractivity contribution in [3.63, 3.8) is 0 Å². The molecular formula is C48H78N3O3+. The molecule has 0 atom stereocenters. The van der Waals surface area contributed by atoms with Crippen LogP contribution in [0.15, 0.2) is 134 Å². The van der Waals surface area contributed by atoms with Gasteiger partial charge in [0.15, 0.2) is 0 Å². The maximum absolute atomic E-state index is 11.6. The second-order valence-corrected chi connectivity index (χ2v) is 13.6. The predicted molar refractivity (Wildman–Crippen MR) is 237 cm³/mol. The largest absolute Gasteiger partial charge is 0.459 e. The Morgan fingerprint density at radius 1 is 0.537 bits per heavy atom. The molecule has 0 unspecified atom stereocenters. The van der Waals surface area contributed by atoms with Crippen molar-refractivity contribution in [1.82, 2.24) is 5.32 Å². The Hall–Kier alpha value is -4.00. The summed E-state index contributed by atoms with van der Waals surface area (Å²) >= 11 is 0. The van der Waals surface area contributed by atoms with E-state index in [9.17, 15) is 9.59 Å². The van der Waals surface area contributed by atoms with Gasteiger partial charge in [0.25, 0.3) is 0 Å². The Labute approximate surface area is 332 Å². The van der Waals surface area contributed by atoms with Crippen LogP contribution in [-0.2, 0) is 14.3 Å². The predicted octanol–water partition coefficient (Wildman–Crippen LogP) is 11.3. The van der Waals surface area contributed by atoms with E-state index in [0.29, 0.717) is 32.5 Å². The molecule has 0 bridgehead atoms. The topological polar surface area (TPSA) is 81.4 Å². The van der Waals surface area contributed by atoms with Gasteiger partial charge >= 0.3 is 5.97 Å². The molecule has 0 radical (unpaired) electrons. The Balaban J connectivity index is 0. The van der Waals surface area contributed by atoms with E-state index < -0.39 is 0 Å². The maximum atomic E-state index is 11.6. The van der Waals surface area contributed by atoms with E-state index in [0.717, 1.165) is 94.5 Å². The number of unbranched alkanes of at least 4 members (excludes halogenated alkanes) is 1. The number of nitrogens with one attached hydrogen (secondary N) is 1. The van der Waals surface area contributed by atoms with E-state index >= 15 is 0 Å². The summed E-state index contributed by atoms with van der Waals surface area (Å²) in [5.74, 6) is -0.0590. The fourth-order valence-corrected chi connectivity index (χ4v) is 4.24. The molecule has 0 aromatic rings. The average molecular weight is 745 g/mol. The molecule has 3 N–H and O–H groups in total. The van der Waals surface area contributed by atoms with Crippen LogP contribution in [0.4, 0.5) is 0 Å². The van der Waals surface area contributed by atoms with Crippen molar-refractivity contribution >= 4 is 11.9 Å². The number of hydrogen-bond acceptors (Lipinski definition) is 4. The molecule has 0 heterocycles. The molecule has 0 spiro atoms. The number of carbonyl (C=O) groups is 2. The highest BCUT2D eigenvalue weighted by atomic mass is 16.5. The van der Waals surface area contributed by atoms with Crippen LogP contribution in [0.2, 0.25) is 0 Å². The smallest absolute Gasteiger partial charge is 0.309 e. The highest BCUT2D eigenvalue weighted by molar-refractivity contribution is 5.75. The number of esters is 1. The monoisotopic (exact) mass is 745 g/mol. The SMILES string of the molecule is CC/C=C\C/C=C\C/C=C\C/C=C\C/C=C\C/C=C\CC(=O)OCC[N+](C)(C)C.CC/C=C\C/C=C\C/C=C\C/C=C\C/C=C\CCCC(=O)NCCN. The third kappa shape index (κ3) is 50.1. The van der Waals surface area contributed by atoms with Crippen LogP contribution in [0.1, 0.15) is 110 Å². The zero-order chi connectivity index (χ0) is 40.1. The third-order valence-electron chi connectivity index (χ3n) is 7.31. The molecule has 0 rings (SSSR count). The van der Waals surface area contributed by atoms with Crippen molar-refractivity contribution in [3.8, 4) is 0 Å². The Morgan fingerprint density at radius 3 is 1.24 bits per heavy atom. The summed E-state index contributed by atoms with van der Waals surface area (Å²) in [5, 5.41) is 2.77. The van der Waals surface area contributed by atoms with Gasteiger partial charge in [0.05, 0.1) is 27.6 Å². The van der Waals surface area contributed by atoms with Crippen molar-refractivity contribution < 1.29 is 18.8 Å². The molecule has 0 saturated carbocycles. The first-order valence-electron chi connectivity index (χ1n) is 20.3. The van der Waals surface area contributed by atoms with Crippen molar-refractivity contribution in [2.24, 2.45) is 5.73 Å². The van der Waals surface area contributed by atoms with E-state index in [1.165, 1.54) is 0 Å². The summed E-state index contributed by atoms with van der Waals surface area (Å²) in [6.45, 7) is 6.68. The minimum atomic E-state index is -0.154. The third-order valence-corrected chi connectivity index (χ3v) is 7.31. The molecule has 1 amide bonds. The number of hydrogen-bond donors (Lipinski definition) is 2. The molecule has 0 aliphatic rings. The lowest BCUT2D eigenvalue weighted by Crippen LogP contribution is -2.37. The Bertz CT molecular complexity index is 1200. The number of ether oxygens (including phenoxy) is 1. The van der Waals surface area contributed by atoms with Gasteiger partial charge in [-0.25, -0.2) is 0 Å². The summed E-state index contributed by atoms with van der Waals surface area (Å²) in [4.78, 5) is 22.9. The van der Waals surface area contributed by atoms with Gasteiger partial charge < -0.3 is 20.3 Å². The molecule has 0 aliphatic carbocycles. The number of amides is 1. The van der Waals surface area contributed by atoms with Gasteiger partial charge in [-0.2, -0.15) is 0 Å². The van der Waals surface area contributed by atoms with Gasteiger partial charge in [0.1, 0.15) is 13.2 Å². The van der Waals surface area contributed by atoms with Gasteiger partial charge in [-0.15, -0.1) is 0 Å². The molecule has 0 aromatic heterocycles. The van der Waals surface area contributed by atoms with Gasteiger partial charge in [-0.05, 0) is 83.5 Å². The lowest BCUT2D eigenvalue weighted by molar-refractivity contribution is -0.870. The van der Waals surface area contributed by atoms with E-state index in [2.05, 4.69) is 162 Å². The maximum Gasteiger partial charge on any atom is 0.309 e. The number of rotatable bonds is 31. The minimum absolute atomic E-state index is 0.0952. The first-order valence-corrected chi connectivity index (χ1v) is 20.3. The van der Waals surface area contributed by atoms with E-state index in [4.69, 9.17) is 10.5 Å². The van der Waals surface area contributed by atoms with Crippen LogP contribution in [0, 0.1) is 0 Å². The summed E-state index contributed by atoms with van der Waals surface area (Å²) in [6, 6.07) is 0. The second kappa shape index (κ2) is 43.4. The standard InChI is InChI=1S/C26H42NO2.C22H36N2O/c1-5-6-7-8-9-10-11-12-13-14-15-16-17-18-19-20-21-22-23-26(28)29-25-24-27(2,3)4;1-2-3-4-5-6-7-8-9-10-11-12-13-14-15-16-17-18-19-22(25)24-21-20-23/h6-7,9-10,12-13,15-16,18-19,21-22H,5,8,11,14,17,20,23-25H2,1-4H3;3-4,6-7,9-10,12-13,15-16H,2,5,8,11,14,17-21,23H2,1H3,(H,24,25)/q+1;/b7-6-,10-9-,13-12-,16-15-,19-18-,22-21-;4-3-,7-6-,10-9-,13-12-,16-15-. The van der Waals surface area contributed by atoms with Crippen LogP contribution in [0.5, 0.6) is 0 Å². The van der Waals surface area contributed by atoms with E-state index in [1.54, 1.807) is 0 Å². The zero-order valence-electron chi connectivity index (χ0n) is 34.9. The molecule has 0 aliphatic heterocycles. The van der Waals surface area contributed by atoms with Crippen LogP contribution in [-0.4, -0.2) is 63.7 Å². The quantitative estimate of drug-likeness (QED) is 0.0320. The number of quaternary nitrogens is 1.